The van der Waals surface area contributed by atoms with Gasteiger partial charge in [0.1, 0.15) is 5.75 Å². The second-order valence-electron chi connectivity index (χ2n) is 5.24. The molecule has 0 aromatic heterocycles. The lowest BCUT2D eigenvalue weighted by Gasteiger charge is -2.40. The van der Waals surface area contributed by atoms with Gasteiger partial charge < -0.3 is 10.8 Å². The molecular formula is C14H20Cl2N2O. The van der Waals surface area contributed by atoms with Gasteiger partial charge in [-0.15, -0.1) is 0 Å². The molecule has 0 saturated carbocycles. The van der Waals surface area contributed by atoms with E-state index >= 15 is 0 Å². The number of phenolic OH excluding ortho intramolecular Hbond substituents is 1. The standard InChI is InChI=1S/C14H20Cl2N2O/c1-9-3-2-4-12(7-17)18(9)8-10-5-11(15)6-13(16)14(10)19/h5-6,9,12,19H,2-4,7-8,17H2,1H3. The molecule has 19 heavy (non-hydrogen) atoms. The van der Waals surface area contributed by atoms with Gasteiger partial charge >= 0.3 is 0 Å². The fourth-order valence-corrected chi connectivity index (χ4v) is 3.35. The van der Waals surface area contributed by atoms with Crippen LogP contribution in [0.1, 0.15) is 31.7 Å². The molecule has 3 nitrogen and oxygen atoms in total. The van der Waals surface area contributed by atoms with Crippen LogP contribution in [0.3, 0.4) is 0 Å². The van der Waals surface area contributed by atoms with Gasteiger partial charge in [0, 0.05) is 35.8 Å². The number of benzene rings is 1. The van der Waals surface area contributed by atoms with Crippen LogP contribution in [0.25, 0.3) is 0 Å². The fraction of sp³-hybridized carbons (Fsp3) is 0.571. The van der Waals surface area contributed by atoms with E-state index in [0.717, 1.165) is 18.4 Å². The molecule has 0 radical (unpaired) electrons. The molecular weight excluding hydrogens is 283 g/mol. The van der Waals surface area contributed by atoms with E-state index in [1.165, 1.54) is 6.42 Å². The molecule has 2 rings (SSSR count). The second kappa shape index (κ2) is 6.31. The van der Waals surface area contributed by atoms with Crippen LogP contribution in [0.15, 0.2) is 12.1 Å². The molecule has 1 aromatic carbocycles. The van der Waals surface area contributed by atoms with Crippen molar-refractivity contribution in [2.24, 2.45) is 5.73 Å². The van der Waals surface area contributed by atoms with Crippen molar-refractivity contribution in [3.05, 3.63) is 27.7 Å². The first-order valence-electron chi connectivity index (χ1n) is 6.65. The van der Waals surface area contributed by atoms with E-state index in [2.05, 4.69) is 11.8 Å². The summed E-state index contributed by atoms with van der Waals surface area (Å²) in [6.45, 7) is 3.47. The fourth-order valence-electron chi connectivity index (χ4n) is 2.82. The number of nitrogens with two attached hydrogens (primary N) is 1. The minimum Gasteiger partial charge on any atom is -0.506 e. The zero-order chi connectivity index (χ0) is 14.0. The van der Waals surface area contributed by atoms with Gasteiger partial charge in [0.15, 0.2) is 0 Å². The summed E-state index contributed by atoms with van der Waals surface area (Å²) in [5.74, 6) is 0.125. The summed E-state index contributed by atoms with van der Waals surface area (Å²) in [5.41, 5.74) is 6.62. The maximum absolute atomic E-state index is 10.0. The molecule has 3 N–H and O–H groups in total. The van der Waals surface area contributed by atoms with E-state index in [1.54, 1.807) is 12.1 Å². The lowest BCUT2D eigenvalue weighted by atomic mass is 9.95. The molecule has 0 spiro atoms. The van der Waals surface area contributed by atoms with Crippen molar-refractivity contribution in [3.8, 4) is 5.75 Å². The molecule has 2 atom stereocenters. The summed E-state index contributed by atoms with van der Waals surface area (Å²) in [6.07, 6.45) is 3.48. The molecule has 0 bridgehead atoms. The van der Waals surface area contributed by atoms with Crippen LogP contribution < -0.4 is 5.73 Å². The Morgan fingerprint density at radius 2 is 2.11 bits per heavy atom. The molecule has 1 aromatic rings. The number of nitrogens with zero attached hydrogens (tertiary/aromatic N) is 1. The molecule has 1 saturated heterocycles. The minimum absolute atomic E-state index is 0.125. The Hall–Kier alpha value is -0.480. The minimum atomic E-state index is 0.125. The summed E-state index contributed by atoms with van der Waals surface area (Å²) in [6, 6.07) is 4.15. The Bertz CT molecular complexity index is 453. The maximum atomic E-state index is 10.0. The predicted octanol–water partition coefficient (Wildman–Crippen LogP) is 3.40. The number of rotatable bonds is 3. The highest BCUT2D eigenvalue weighted by molar-refractivity contribution is 6.35. The molecule has 1 aliphatic heterocycles. The van der Waals surface area contributed by atoms with Crippen molar-refractivity contribution in [1.29, 1.82) is 0 Å². The average Bonchev–Trinajstić information content (AvgIpc) is 2.37. The van der Waals surface area contributed by atoms with Gasteiger partial charge in [-0.2, -0.15) is 0 Å². The molecule has 106 valence electrons. The van der Waals surface area contributed by atoms with Crippen molar-refractivity contribution < 1.29 is 5.11 Å². The van der Waals surface area contributed by atoms with Crippen molar-refractivity contribution in [2.75, 3.05) is 6.54 Å². The van der Waals surface area contributed by atoms with Gasteiger partial charge in [0.25, 0.3) is 0 Å². The number of likely N-dealkylation sites (tertiary alicyclic amines) is 1. The highest BCUT2D eigenvalue weighted by atomic mass is 35.5. The third-order valence-corrected chi connectivity index (χ3v) is 4.43. The Kier molecular flexibility index (Phi) is 4.96. The summed E-state index contributed by atoms with van der Waals surface area (Å²) >= 11 is 12.0. The lowest BCUT2D eigenvalue weighted by Crippen LogP contribution is -2.48. The molecule has 2 unspecified atom stereocenters. The molecule has 0 aliphatic carbocycles. The second-order valence-corrected chi connectivity index (χ2v) is 6.08. The normalized spacial score (nSPS) is 24.6. The number of hydrogen-bond donors (Lipinski definition) is 2. The molecule has 1 heterocycles. The van der Waals surface area contributed by atoms with Crippen LogP contribution in [0.4, 0.5) is 0 Å². The number of aromatic hydroxyl groups is 1. The lowest BCUT2D eigenvalue weighted by molar-refractivity contribution is 0.0883. The van der Waals surface area contributed by atoms with E-state index in [9.17, 15) is 5.11 Å². The Morgan fingerprint density at radius 1 is 1.37 bits per heavy atom. The van der Waals surface area contributed by atoms with E-state index in [0.29, 0.717) is 35.2 Å². The number of hydrogen-bond acceptors (Lipinski definition) is 3. The Labute approximate surface area is 124 Å². The third kappa shape index (κ3) is 3.34. The topological polar surface area (TPSA) is 49.5 Å². The number of piperidine rings is 1. The summed E-state index contributed by atoms with van der Waals surface area (Å²) in [5, 5.41) is 10.9. The van der Waals surface area contributed by atoms with Gasteiger partial charge in [-0.1, -0.05) is 29.6 Å². The van der Waals surface area contributed by atoms with E-state index < -0.39 is 0 Å². The molecule has 1 aliphatic rings. The maximum Gasteiger partial charge on any atom is 0.138 e. The predicted molar refractivity (Wildman–Crippen MR) is 79.8 cm³/mol. The zero-order valence-electron chi connectivity index (χ0n) is 11.1. The SMILES string of the molecule is CC1CCCC(CN)N1Cc1cc(Cl)cc(Cl)c1O. The van der Waals surface area contributed by atoms with Gasteiger partial charge in [0.2, 0.25) is 0 Å². The first-order chi connectivity index (χ1) is 9.02. The molecule has 1 fully saturated rings. The highest BCUT2D eigenvalue weighted by Crippen LogP contribution is 2.34. The van der Waals surface area contributed by atoms with Crippen molar-refractivity contribution in [1.82, 2.24) is 4.90 Å². The monoisotopic (exact) mass is 302 g/mol. The van der Waals surface area contributed by atoms with Gasteiger partial charge in [-0.3, -0.25) is 4.90 Å². The quantitative estimate of drug-likeness (QED) is 0.900. The van der Waals surface area contributed by atoms with Crippen LogP contribution in [0, 0.1) is 0 Å². The summed E-state index contributed by atoms with van der Waals surface area (Å²) < 4.78 is 0. The van der Waals surface area contributed by atoms with Crippen molar-refractivity contribution in [3.63, 3.8) is 0 Å². The van der Waals surface area contributed by atoms with Gasteiger partial charge in [-0.05, 0) is 31.9 Å². The third-order valence-electron chi connectivity index (χ3n) is 3.93. The largest absolute Gasteiger partial charge is 0.506 e. The molecule has 0 amide bonds. The smallest absolute Gasteiger partial charge is 0.138 e. The van der Waals surface area contributed by atoms with E-state index in [1.807, 2.05) is 0 Å². The van der Waals surface area contributed by atoms with E-state index in [4.69, 9.17) is 28.9 Å². The number of halogens is 2. The van der Waals surface area contributed by atoms with Crippen LogP contribution in [0.5, 0.6) is 5.75 Å². The summed E-state index contributed by atoms with van der Waals surface area (Å²) in [4.78, 5) is 2.34. The highest BCUT2D eigenvalue weighted by Gasteiger charge is 2.27. The van der Waals surface area contributed by atoms with E-state index in [-0.39, 0.29) is 5.75 Å². The first-order valence-corrected chi connectivity index (χ1v) is 7.41. The van der Waals surface area contributed by atoms with Gasteiger partial charge in [0.05, 0.1) is 5.02 Å². The van der Waals surface area contributed by atoms with Crippen LogP contribution >= 0.6 is 23.2 Å². The average molecular weight is 303 g/mol. The number of phenols is 1. The van der Waals surface area contributed by atoms with Crippen LogP contribution in [-0.2, 0) is 6.54 Å². The Morgan fingerprint density at radius 3 is 2.79 bits per heavy atom. The van der Waals surface area contributed by atoms with Crippen LogP contribution in [-0.4, -0.2) is 28.6 Å². The molecule has 5 heteroatoms. The van der Waals surface area contributed by atoms with Gasteiger partial charge in [-0.25, -0.2) is 0 Å². The Balaban J connectivity index is 2.23. The van der Waals surface area contributed by atoms with Crippen molar-refractivity contribution in [2.45, 2.75) is 44.8 Å². The van der Waals surface area contributed by atoms with Crippen molar-refractivity contribution >= 4 is 23.2 Å². The summed E-state index contributed by atoms with van der Waals surface area (Å²) in [7, 11) is 0. The first kappa shape index (κ1) is 14.9. The zero-order valence-corrected chi connectivity index (χ0v) is 12.6. The van der Waals surface area contributed by atoms with Crippen LogP contribution in [0.2, 0.25) is 10.0 Å².